The summed E-state index contributed by atoms with van der Waals surface area (Å²) in [4.78, 5) is 24.6. The van der Waals surface area contributed by atoms with Gasteiger partial charge in [0, 0.05) is 11.6 Å². The summed E-state index contributed by atoms with van der Waals surface area (Å²) >= 11 is 0. The van der Waals surface area contributed by atoms with Crippen molar-refractivity contribution < 1.29 is 18.0 Å². The van der Waals surface area contributed by atoms with Crippen molar-refractivity contribution in [1.82, 2.24) is 5.32 Å². The molecular formula is C24H31N3O4S. The van der Waals surface area contributed by atoms with E-state index in [9.17, 15) is 18.0 Å². The molecule has 32 heavy (non-hydrogen) atoms. The Hall–Kier alpha value is -2.87. The first-order chi connectivity index (χ1) is 15.2. The van der Waals surface area contributed by atoms with Gasteiger partial charge in [-0.15, -0.1) is 0 Å². The molecule has 3 N–H and O–H groups in total. The zero-order valence-electron chi connectivity index (χ0n) is 18.8. The second-order valence-electron chi connectivity index (χ2n) is 8.51. The van der Waals surface area contributed by atoms with Gasteiger partial charge in [0.15, 0.2) is 0 Å². The van der Waals surface area contributed by atoms with Gasteiger partial charge in [-0.25, -0.2) is 8.42 Å². The van der Waals surface area contributed by atoms with Gasteiger partial charge in [0.05, 0.1) is 17.1 Å². The molecule has 0 heterocycles. The first kappa shape index (κ1) is 23.8. The average molecular weight is 458 g/mol. The number of carbonyl (C=O) groups excluding carboxylic acids is 2. The van der Waals surface area contributed by atoms with Crippen molar-refractivity contribution in [3.63, 3.8) is 0 Å². The van der Waals surface area contributed by atoms with Crippen molar-refractivity contribution in [3.05, 3.63) is 53.1 Å². The summed E-state index contributed by atoms with van der Waals surface area (Å²) in [6.07, 6.45) is 4.96. The maximum Gasteiger partial charge on any atom is 0.262 e. The first-order valence-electron chi connectivity index (χ1n) is 10.9. The third-order valence-corrected chi connectivity index (χ3v) is 7.29. The molecule has 0 radical (unpaired) electrons. The Morgan fingerprint density at radius 3 is 2.34 bits per heavy atom. The maximum absolute atomic E-state index is 13.0. The van der Waals surface area contributed by atoms with Crippen LogP contribution in [0.5, 0.6) is 0 Å². The van der Waals surface area contributed by atoms with Crippen LogP contribution in [0.15, 0.2) is 41.3 Å². The van der Waals surface area contributed by atoms with E-state index >= 15 is 0 Å². The topological polar surface area (TPSA) is 104 Å². The molecule has 2 aromatic carbocycles. The smallest absolute Gasteiger partial charge is 0.262 e. The Balaban J connectivity index is 1.66. The molecule has 7 nitrogen and oxygen atoms in total. The molecule has 1 aliphatic carbocycles. The van der Waals surface area contributed by atoms with Gasteiger partial charge in [-0.1, -0.05) is 43.0 Å². The number of hydrogen-bond acceptors (Lipinski definition) is 4. The Labute approximate surface area is 190 Å². The molecule has 2 amide bonds. The highest BCUT2D eigenvalue weighted by molar-refractivity contribution is 7.92. The standard InChI is InChI=1S/C24H31N3O4S/c1-16-9-12-21(18(3)13-16)27-32(30,31)22-14-20(11-10-17(22)2)26-23(28)15-25-24(29)19-7-5-4-6-8-19/h9-14,19,27H,4-8,15H2,1-3H3,(H,25,29)(H,26,28). The third kappa shape index (κ3) is 6.09. The number of rotatable bonds is 7. The molecule has 3 rings (SSSR count). The Kier molecular flexibility index (Phi) is 7.56. The zero-order chi connectivity index (χ0) is 23.3. The molecule has 2 aromatic rings. The van der Waals surface area contributed by atoms with Gasteiger partial charge in [-0.2, -0.15) is 0 Å². The molecule has 0 atom stereocenters. The van der Waals surface area contributed by atoms with Gasteiger partial charge in [0.2, 0.25) is 11.8 Å². The highest BCUT2D eigenvalue weighted by atomic mass is 32.2. The number of carbonyl (C=O) groups is 2. The lowest BCUT2D eigenvalue weighted by Crippen LogP contribution is -2.37. The van der Waals surface area contributed by atoms with Gasteiger partial charge in [0.25, 0.3) is 10.0 Å². The summed E-state index contributed by atoms with van der Waals surface area (Å²) in [5.41, 5.74) is 3.29. The summed E-state index contributed by atoms with van der Waals surface area (Å²) in [5.74, 6) is -0.516. The van der Waals surface area contributed by atoms with Crippen LogP contribution in [0.3, 0.4) is 0 Å². The maximum atomic E-state index is 13.0. The lowest BCUT2D eigenvalue weighted by atomic mass is 9.89. The number of sulfonamides is 1. The first-order valence-corrected chi connectivity index (χ1v) is 12.4. The Morgan fingerprint density at radius 1 is 0.938 bits per heavy atom. The molecule has 0 unspecified atom stereocenters. The lowest BCUT2D eigenvalue weighted by Gasteiger charge is -2.20. The number of hydrogen-bond donors (Lipinski definition) is 3. The van der Waals surface area contributed by atoms with E-state index in [0.717, 1.165) is 43.2 Å². The van der Waals surface area contributed by atoms with E-state index in [2.05, 4.69) is 15.4 Å². The van der Waals surface area contributed by atoms with Gasteiger partial charge in [-0.3, -0.25) is 14.3 Å². The van der Waals surface area contributed by atoms with Crippen LogP contribution in [0, 0.1) is 26.7 Å². The van der Waals surface area contributed by atoms with Crippen LogP contribution in [0.1, 0.15) is 48.8 Å². The zero-order valence-corrected chi connectivity index (χ0v) is 19.6. The SMILES string of the molecule is Cc1ccc(NS(=O)(=O)c2cc(NC(=O)CNC(=O)C3CCCCC3)ccc2C)c(C)c1. The largest absolute Gasteiger partial charge is 0.347 e. The van der Waals surface area contributed by atoms with Crippen LogP contribution in [0.25, 0.3) is 0 Å². The molecule has 0 spiro atoms. The van der Waals surface area contributed by atoms with Crippen LogP contribution in [0.4, 0.5) is 11.4 Å². The molecule has 1 aliphatic rings. The molecule has 1 saturated carbocycles. The van der Waals surface area contributed by atoms with Crippen LogP contribution in [-0.4, -0.2) is 26.8 Å². The fraction of sp³-hybridized carbons (Fsp3) is 0.417. The number of anilines is 2. The molecule has 0 aliphatic heterocycles. The fourth-order valence-electron chi connectivity index (χ4n) is 3.98. The van der Waals surface area contributed by atoms with E-state index in [4.69, 9.17) is 0 Å². The minimum atomic E-state index is -3.85. The van der Waals surface area contributed by atoms with Crippen molar-refractivity contribution >= 4 is 33.2 Å². The summed E-state index contributed by atoms with van der Waals surface area (Å²) in [7, 11) is -3.85. The van der Waals surface area contributed by atoms with Crippen molar-refractivity contribution in [2.24, 2.45) is 5.92 Å². The number of amides is 2. The molecule has 0 saturated heterocycles. The molecule has 0 aromatic heterocycles. The molecule has 1 fully saturated rings. The number of benzene rings is 2. The van der Waals surface area contributed by atoms with Crippen LogP contribution in [-0.2, 0) is 19.6 Å². The predicted molar refractivity (Wildman–Crippen MR) is 126 cm³/mol. The minimum Gasteiger partial charge on any atom is -0.347 e. The highest BCUT2D eigenvalue weighted by Gasteiger charge is 2.22. The van der Waals surface area contributed by atoms with Crippen LogP contribution >= 0.6 is 0 Å². The second kappa shape index (κ2) is 10.2. The predicted octanol–water partition coefficient (Wildman–Crippen LogP) is 4.05. The van der Waals surface area contributed by atoms with E-state index in [1.165, 1.54) is 6.07 Å². The van der Waals surface area contributed by atoms with Crippen LogP contribution < -0.4 is 15.4 Å². The summed E-state index contributed by atoms with van der Waals surface area (Å²) in [6.45, 7) is 5.34. The van der Waals surface area contributed by atoms with Gasteiger partial charge in [0.1, 0.15) is 0 Å². The second-order valence-corrected chi connectivity index (χ2v) is 10.2. The van der Waals surface area contributed by atoms with Gasteiger partial charge < -0.3 is 10.6 Å². The lowest BCUT2D eigenvalue weighted by molar-refractivity contribution is -0.128. The summed E-state index contributed by atoms with van der Waals surface area (Å²) in [5, 5.41) is 5.37. The van der Waals surface area contributed by atoms with Crippen LogP contribution in [0.2, 0.25) is 0 Å². The van der Waals surface area contributed by atoms with Crippen molar-refractivity contribution in [1.29, 1.82) is 0 Å². The van der Waals surface area contributed by atoms with E-state index in [0.29, 0.717) is 16.9 Å². The minimum absolute atomic E-state index is 0.0241. The van der Waals surface area contributed by atoms with E-state index in [1.54, 1.807) is 25.1 Å². The average Bonchev–Trinajstić information content (AvgIpc) is 2.76. The Bertz CT molecular complexity index is 1110. The molecular weight excluding hydrogens is 426 g/mol. The number of aryl methyl sites for hydroxylation is 3. The Morgan fingerprint density at radius 2 is 1.66 bits per heavy atom. The van der Waals surface area contributed by atoms with Gasteiger partial charge >= 0.3 is 0 Å². The number of nitrogens with one attached hydrogen (secondary N) is 3. The normalized spacial score (nSPS) is 14.6. The van der Waals surface area contributed by atoms with E-state index < -0.39 is 15.9 Å². The van der Waals surface area contributed by atoms with E-state index in [1.807, 2.05) is 26.0 Å². The summed E-state index contributed by atoms with van der Waals surface area (Å²) in [6, 6.07) is 10.2. The fourth-order valence-corrected chi connectivity index (χ4v) is 5.38. The van der Waals surface area contributed by atoms with Crippen molar-refractivity contribution in [3.8, 4) is 0 Å². The third-order valence-electron chi connectivity index (χ3n) is 5.79. The quantitative estimate of drug-likeness (QED) is 0.583. The summed E-state index contributed by atoms with van der Waals surface area (Å²) < 4.78 is 28.6. The van der Waals surface area contributed by atoms with Crippen molar-refractivity contribution in [2.75, 3.05) is 16.6 Å². The highest BCUT2D eigenvalue weighted by Crippen LogP contribution is 2.25. The molecule has 172 valence electrons. The molecule has 0 bridgehead atoms. The van der Waals surface area contributed by atoms with Gasteiger partial charge in [-0.05, 0) is 62.9 Å². The molecule has 8 heteroatoms. The van der Waals surface area contributed by atoms with E-state index in [-0.39, 0.29) is 23.3 Å². The monoisotopic (exact) mass is 457 g/mol. The van der Waals surface area contributed by atoms with Crippen molar-refractivity contribution in [2.45, 2.75) is 57.8 Å².